The zero-order chi connectivity index (χ0) is 18.7. The molecule has 0 fully saturated rings. The predicted molar refractivity (Wildman–Crippen MR) is 96.3 cm³/mol. The summed E-state index contributed by atoms with van der Waals surface area (Å²) in [6, 6.07) is 12.1. The fourth-order valence-corrected chi connectivity index (χ4v) is 3.19. The maximum absolute atomic E-state index is 13.6. The number of esters is 1. The molecule has 4 nitrogen and oxygen atoms in total. The zero-order valence-corrected chi connectivity index (χ0v) is 14.9. The van der Waals surface area contributed by atoms with E-state index in [1.54, 1.807) is 6.92 Å². The zero-order valence-electron chi connectivity index (χ0n) is 14.9. The van der Waals surface area contributed by atoms with Gasteiger partial charge in [-0.15, -0.1) is 0 Å². The van der Waals surface area contributed by atoms with Crippen molar-refractivity contribution < 1.29 is 18.7 Å². The Hall–Kier alpha value is -2.69. The summed E-state index contributed by atoms with van der Waals surface area (Å²) in [5.41, 5.74) is 2.90. The van der Waals surface area contributed by atoms with Crippen molar-refractivity contribution in [3.8, 4) is 0 Å². The van der Waals surface area contributed by atoms with Crippen molar-refractivity contribution in [1.82, 2.24) is 5.32 Å². The molecule has 1 N–H and O–H groups in total. The number of benzene rings is 2. The summed E-state index contributed by atoms with van der Waals surface area (Å²) in [5, 5.41) is 2.96. The number of rotatable bonds is 4. The summed E-state index contributed by atoms with van der Waals surface area (Å²) in [4.78, 5) is 24.6. The first kappa shape index (κ1) is 18.1. The molecular weight excluding hydrogens is 333 g/mol. The smallest absolute Gasteiger partial charge is 0.339 e. The van der Waals surface area contributed by atoms with Crippen molar-refractivity contribution in [2.75, 3.05) is 0 Å². The van der Waals surface area contributed by atoms with Gasteiger partial charge in [0.1, 0.15) is 5.82 Å². The molecule has 136 valence electrons. The van der Waals surface area contributed by atoms with Gasteiger partial charge in [0, 0.05) is 0 Å². The molecule has 0 saturated heterocycles. The van der Waals surface area contributed by atoms with Crippen molar-refractivity contribution >= 4 is 11.9 Å². The Kier molecular flexibility index (Phi) is 5.35. The van der Waals surface area contributed by atoms with Crippen LogP contribution in [0.25, 0.3) is 0 Å². The third-order valence-corrected chi connectivity index (χ3v) is 4.75. The average Bonchev–Trinajstić information content (AvgIpc) is 2.64. The molecule has 2 aromatic rings. The van der Waals surface area contributed by atoms with Crippen LogP contribution < -0.4 is 5.32 Å². The van der Waals surface area contributed by atoms with E-state index in [0.29, 0.717) is 5.56 Å². The van der Waals surface area contributed by atoms with E-state index in [-0.39, 0.29) is 17.5 Å². The SMILES string of the molecule is Cc1ccc(C(=O)O[C@H](C)C(=O)N[C@H]2CCCc3ccccc32)cc1F. The molecule has 3 rings (SSSR count). The first-order chi connectivity index (χ1) is 12.5. The van der Waals surface area contributed by atoms with Crippen LogP contribution in [0.2, 0.25) is 0 Å². The highest BCUT2D eigenvalue weighted by Crippen LogP contribution is 2.29. The molecule has 1 amide bonds. The lowest BCUT2D eigenvalue weighted by Crippen LogP contribution is -2.39. The fraction of sp³-hybridized carbons (Fsp3) is 0.333. The van der Waals surface area contributed by atoms with Crippen LogP contribution in [0.3, 0.4) is 0 Å². The Morgan fingerprint density at radius 1 is 1.23 bits per heavy atom. The second-order valence-corrected chi connectivity index (χ2v) is 6.66. The Morgan fingerprint density at radius 3 is 2.77 bits per heavy atom. The number of aryl methyl sites for hydroxylation is 2. The monoisotopic (exact) mass is 355 g/mol. The van der Waals surface area contributed by atoms with Gasteiger partial charge in [0.2, 0.25) is 0 Å². The van der Waals surface area contributed by atoms with E-state index < -0.39 is 17.9 Å². The lowest BCUT2D eigenvalue weighted by molar-refractivity contribution is -0.130. The minimum Gasteiger partial charge on any atom is -0.449 e. The maximum atomic E-state index is 13.6. The van der Waals surface area contributed by atoms with Crippen molar-refractivity contribution in [3.05, 3.63) is 70.5 Å². The van der Waals surface area contributed by atoms with Gasteiger partial charge in [-0.25, -0.2) is 9.18 Å². The molecule has 0 aliphatic heterocycles. The van der Waals surface area contributed by atoms with Crippen LogP contribution in [0.15, 0.2) is 42.5 Å². The van der Waals surface area contributed by atoms with Crippen LogP contribution in [0.4, 0.5) is 4.39 Å². The number of ether oxygens (including phenoxy) is 1. The van der Waals surface area contributed by atoms with Crippen LogP contribution in [0, 0.1) is 12.7 Å². The number of carbonyl (C=O) groups is 2. The highest BCUT2D eigenvalue weighted by Gasteiger charge is 2.25. The average molecular weight is 355 g/mol. The van der Waals surface area contributed by atoms with Gasteiger partial charge in [0.05, 0.1) is 11.6 Å². The third kappa shape index (κ3) is 3.93. The minimum atomic E-state index is -0.957. The molecule has 0 heterocycles. The standard InChI is InChI=1S/C21H22FNO3/c1-13-10-11-16(12-18(13)22)21(25)26-14(2)20(24)23-19-9-5-7-15-6-3-4-8-17(15)19/h3-4,6,8,10-12,14,19H,5,7,9H2,1-2H3,(H,23,24)/t14-,19+/m1/s1. The summed E-state index contributed by atoms with van der Waals surface area (Å²) in [7, 11) is 0. The Bertz CT molecular complexity index is 834. The number of hydrogen-bond donors (Lipinski definition) is 1. The maximum Gasteiger partial charge on any atom is 0.339 e. The van der Waals surface area contributed by atoms with E-state index in [4.69, 9.17) is 4.74 Å². The lowest BCUT2D eigenvalue weighted by Gasteiger charge is -2.27. The van der Waals surface area contributed by atoms with Gasteiger partial charge >= 0.3 is 5.97 Å². The summed E-state index contributed by atoms with van der Waals surface area (Å²) in [6.07, 6.45) is 1.90. The first-order valence-electron chi connectivity index (χ1n) is 8.81. The molecule has 26 heavy (non-hydrogen) atoms. The van der Waals surface area contributed by atoms with Crippen molar-refractivity contribution in [2.24, 2.45) is 0 Å². The lowest BCUT2D eigenvalue weighted by atomic mass is 9.87. The molecule has 0 aromatic heterocycles. The van der Waals surface area contributed by atoms with Crippen molar-refractivity contribution in [2.45, 2.75) is 45.3 Å². The van der Waals surface area contributed by atoms with Crippen LogP contribution in [-0.4, -0.2) is 18.0 Å². The van der Waals surface area contributed by atoms with E-state index in [2.05, 4.69) is 11.4 Å². The molecule has 2 aromatic carbocycles. The number of halogens is 1. The summed E-state index contributed by atoms with van der Waals surface area (Å²) in [5.74, 6) is -1.54. The molecule has 5 heteroatoms. The minimum absolute atomic E-state index is 0.0783. The number of hydrogen-bond acceptors (Lipinski definition) is 3. The van der Waals surface area contributed by atoms with Gasteiger partial charge in [-0.1, -0.05) is 30.3 Å². The molecule has 1 aliphatic rings. The molecule has 2 atom stereocenters. The molecule has 0 unspecified atom stereocenters. The second kappa shape index (κ2) is 7.68. The number of carbonyl (C=O) groups excluding carboxylic acids is 2. The van der Waals surface area contributed by atoms with Gasteiger partial charge < -0.3 is 10.1 Å². The van der Waals surface area contributed by atoms with Crippen LogP contribution in [0.1, 0.15) is 52.9 Å². The topological polar surface area (TPSA) is 55.4 Å². The predicted octanol–water partition coefficient (Wildman–Crippen LogP) is 3.87. The molecule has 0 bridgehead atoms. The highest BCUT2D eigenvalue weighted by atomic mass is 19.1. The third-order valence-electron chi connectivity index (χ3n) is 4.75. The van der Waals surface area contributed by atoms with E-state index in [9.17, 15) is 14.0 Å². The van der Waals surface area contributed by atoms with Crippen molar-refractivity contribution in [1.29, 1.82) is 0 Å². The van der Waals surface area contributed by atoms with Gasteiger partial charge in [0.15, 0.2) is 6.10 Å². The normalized spacial score (nSPS) is 17.1. The van der Waals surface area contributed by atoms with E-state index in [1.807, 2.05) is 18.2 Å². The van der Waals surface area contributed by atoms with E-state index in [1.165, 1.54) is 24.6 Å². The Labute approximate surface area is 152 Å². The highest BCUT2D eigenvalue weighted by molar-refractivity contribution is 5.92. The molecule has 0 radical (unpaired) electrons. The van der Waals surface area contributed by atoms with E-state index in [0.717, 1.165) is 30.9 Å². The van der Waals surface area contributed by atoms with Gasteiger partial charge in [-0.05, 0) is 61.9 Å². The number of nitrogens with one attached hydrogen (secondary N) is 1. The number of fused-ring (bicyclic) bond motifs is 1. The van der Waals surface area contributed by atoms with Gasteiger partial charge in [0.25, 0.3) is 5.91 Å². The van der Waals surface area contributed by atoms with Crippen LogP contribution in [0.5, 0.6) is 0 Å². The molecule has 1 aliphatic carbocycles. The largest absolute Gasteiger partial charge is 0.449 e. The molecule has 0 saturated carbocycles. The van der Waals surface area contributed by atoms with Crippen LogP contribution >= 0.6 is 0 Å². The summed E-state index contributed by atoms with van der Waals surface area (Å²) < 4.78 is 18.8. The quantitative estimate of drug-likeness (QED) is 0.847. The van der Waals surface area contributed by atoms with Crippen molar-refractivity contribution in [3.63, 3.8) is 0 Å². The molecule has 0 spiro atoms. The Balaban J connectivity index is 1.63. The number of amides is 1. The second-order valence-electron chi connectivity index (χ2n) is 6.66. The summed E-state index contributed by atoms with van der Waals surface area (Å²) >= 11 is 0. The first-order valence-corrected chi connectivity index (χ1v) is 8.81. The summed E-state index contributed by atoms with van der Waals surface area (Å²) in [6.45, 7) is 3.13. The molecular formula is C21H22FNO3. The van der Waals surface area contributed by atoms with Gasteiger partial charge in [-0.2, -0.15) is 0 Å². The van der Waals surface area contributed by atoms with Gasteiger partial charge in [-0.3, -0.25) is 4.79 Å². The fourth-order valence-electron chi connectivity index (χ4n) is 3.19. The van der Waals surface area contributed by atoms with E-state index >= 15 is 0 Å². The van der Waals surface area contributed by atoms with Crippen LogP contribution in [-0.2, 0) is 16.0 Å². The Morgan fingerprint density at radius 2 is 2.00 bits per heavy atom.